The Morgan fingerprint density at radius 3 is 2.45 bits per heavy atom. The lowest BCUT2D eigenvalue weighted by atomic mass is 10.1. The minimum Gasteiger partial charge on any atom is -0.325 e. The molecule has 1 unspecified atom stereocenters. The Balaban J connectivity index is 1.59. The highest BCUT2D eigenvalue weighted by molar-refractivity contribution is 8.00. The molecule has 2 aromatic carbocycles. The first-order valence-corrected chi connectivity index (χ1v) is 11.8. The van der Waals surface area contributed by atoms with Gasteiger partial charge in [-0.1, -0.05) is 54.2 Å². The lowest BCUT2D eigenvalue weighted by molar-refractivity contribution is -0.115. The van der Waals surface area contributed by atoms with E-state index >= 15 is 0 Å². The minimum absolute atomic E-state index is 0.0511. The molecule has 0 saturated heterocycles. The second kappa shape index (κ2) is 9.49. The SMILES string of the molecule is Cc1cccc(C)c1NC(=O)C(C)Sc1nnc(Cc2cccs2)n1-c1ccccc1. The van der Waals surface area contributed by atoms with Crippen molar-refractivity contribution in [2.45, 2.75) is 37.6 Å². The summed E-state index contributed by atoms with van der Waals surface area (Å²) in [7, 11) is 0. The third-order valence-corrected chi connectivity index (χ3v) is 6.93. The third kappa shape index (κ3) is 4.89. The van der Waals surface area contributed by atoms with E-state index in [1.54, 1.807) is 11.3 Å². The molecule has 1 N–H and O–H groups in total. The van der Waals surface area contributed by atoms with Gasteiger partial charge in [-0.3, -0.25) is 9.36 Å². The predicted octanol–water partition coefficient (Wildman–Crippen LogP) is 5.66. The number of thioether (sulfide) groups is 1. The highest BCUT2D eigenvalue weighted by atomic mass is 32.2. The molecule has 5 nitrogen and oxygen atoms in total. The number of rotatable bonds is 7. The van der Waals surface area contributed by atoms with Crippen molar-refractivity contribution in [1.29, 1.82) is 0 Å². The Bertz CT molecular complexity index is 1150. The third-order valence-electron chi connectivity index (χ3n) is 5.01. The van der Waals surface area contributed by atoms with Crippen LogP contribution in [0.3, 0.4) is 0 Å². The summed E-state index contributed by atoms with van der Waals surface area (Å²) in [5.74, 6) is 0.809. The number of benzene rings is 2. The van der Waals surface area contributed by atoms with Crippen LogP contribution in [0.25, 0.3) is 5.69 Å². The molecular formula is C24H24N4OS2. The van der Waals surface area contributed by atoms with Gasteiger partial charge in [0.1, 0.15) is 5.82 Å². The number of anilines is 1. The Morgan fingerprint density at radius 2 is 1.77 bits per heavy atom. The molecule has 0 radical (unpaired) electrons. The van der Waals surface area contributed by atoms with Gasteiger partial charge in [-0.05, 0) is 55.5 Å². The van der Waals surface area contributed by atoms with Gasteiger partial charge >= 0.3 is 0 Å². The molecule has 1 amide bonds. The summed E-state index contributed by atoms with van der Waals surface area (Å²) in [6, 6.07) is 20.2. The molecule has 0 aliphatic carbocycles. The minimum atomic E-state index is -0.333. The highest BCUT2D eigenvalue weighted by Gasteiger charge is 2.22. The van der Waals surface area contributed by atoms with Gasteiger partial charge in [0.15, 0.2) is 5.16 Å². The van der Waals surface area contributed by atoms with Gasteiger partial charge in [0, 0.05) is 22.7 Å². The molecule has 0 aliphatic heterocycles. The summed E-state index contributed by atoms with van der Waals surface area (Å²) in [6.45, 7) is 5.91. The first kappa shape index (κ1) is 21.3. The number of amides is 1. The summed E-state index contributed by atoms with van der Waals surface area (Å²) < 4.78 is 2.05. The van der Waals surface area contributed by atoms with Crippen LogP contribution in [-0.4, -0.2) is 25.9 Å². The van der Waals surface area contributed by atoms with E-state index in [1.807, 2.05) is 79.9 Å². The van der Waals surface area contributed by atoms with Gasteiger partial charge in [0.2, 0.25) is 5.91 Å². The molecule has 2 aromatic heterocycles. The summed E-state index contributed by atoms with van der Waals surface area (Å²) >= 11 is 3.12. The van der Waals surface area contributed by atoms with Crippen LogP contribution in [0.5, 0.6) is 0 Å². The Hall–Kier alpha value is -2.90. The second-order valence-electron chi connectivity index (χ2n) is 7.34. The number of nitrogens with zero attached hydrogens (tertiary/aromatic N) is 3. The van der Waals surface area contributed by atoms with Crippen molar-refractivity contribution in [1.82, 2.24) is 14.8 Å². The van der Waals surface area contributed by atoms with Crippen LogP contribution in [0, 0.1) is 13.8 Å². The van der Waals surface area contributed by atoms with Crippen molar-refractivity contribution in [2.75, 3.05) is 5.32 Å². The molecule has 1 atom stereocenters. The summed E-state index contributed by atoms with van der Waals surface area (Å²) in [5.41, 5.74) is 3.97. The number of hydrogen-bond acceptors (Lipinski definition) is 5. The zero-order chi connectivity index (χ0) is 21.8. The monoisotopic (exact) mass is 448 g/mol. The van der Waals surface area contributed by atoms with Crippen LogP contribution in [0.15, 0.2) is 71.2 Å². The number of para-hydroxylation sites is 2. The maximum Gasteiger partial charge on any atom is 0.237 e. The van der Waals surface area contributed by atoms with E-state index in [2.05, 4.69) is 27.0 Å². The molecule has 0 spiro atoms. The van der Waals surface area contributed by atoms with E-state index in [0.717, 1.165) is 28.3 Å². The van der Waals surface area contributed by atoms with Crippen LogP contribution in [0.1, 0.15) is 28.8 Å². The number of aryl methyl sites for hydroxylation is 2. The summed E-state index contributed by atoms with van der Waals surface area (Å²) in [4.78, 5) is 14.2. The fraction of sp³-hybridized carbons (Fsp3) is 0.208. The van der Waals surface area contributed by atoms with Gasteiger partial charge in [-0.2, -0.15) is 0 Å². The molecule has 4 rings (SSSR count). The lowest BCUT2D eigenvalue weighted by Crippen LogP contribution is -2.24. The zero-order valence-electron chi connectivity index (χ0n) is 17.7. The molecular weight excluding hydrogens is 424 g/mol. The molecule has 31 heavy (non-hydrogen) atoms. The Labute approximate surface area is 190 Å². The standard InChI is InChI=1S/C24H24N4OS2/c1-16-9-7-10-17(2)22(16)25-23(29)18(3)31-24-27-26-21(15-20-13-8-14-30-20)28(24)19-11-5-4-6-12-19/h4-14,18H,15H2,1-3H3,(H,25,29). The molecule has 7 heteroatoms. The van der Waals surface area contributed by atoms with Crippen molar-refractivity contribution < 1.29 is 4.79 Å². The average Bonchev–Trinajstić information content (AvgIpc) is 3.42. The van der Waals surface area contributed by atoms with Crippen molar-refractivity contribution in [2.24, 2.45) is 0 Å². The molecule has 2 heterocycles. The van der Waals surface area contributed by atoms with E-state index in [4.69, 9.17) is 0 Å². The van der Waals surface area contributed by atoms with Crippen molar-refractivity contribution in [3.05, 3.63) is 87.9 Å². The van der Waals surface area contributed by atoms with Crippen LogP contribution in [0.4, 0.5) is 5.69 Å². The Morgan fingerprint density at radius 1 is 1.03 bits per heavy atom. The van der Waals surface area contributed by atoms with E-state index < -0.39 is 0 Å². The second-order valence-corrected chi connectivity index (χ2v) is 9.68. The first-order valence-electron chi connectivity index (χ1n) is 10.1. The fourth-order valence-electron chi connectivity index (χ4n) is 3.34. The van der Waals surface area contributed by atoms with Crippen LogP contribution < -0.4 is 5.32 Å². The van der Waals surface area contributed by atoms with Crippen LogP contribution in [-0.2, 0) is 11.2 Å². The van der Waals surface area contributed by atoms with Gasteiger partial charge in [-0.15, -0.1) is 21.5 Å². The molecule has 0 fully saturated rings. The van der Waals surface area contributed by atoms with E-state index in [-0.39, 0.29) is 11.2 Å². The highest BCUT2D eigenvalue weighted by Crippen LogP contribution is 2.28. The summed E-state index contributed by atoms with van der Waals surface area (Å²) in [6.07, 6.45) is 0.698. The van der Waals surface area contributed by atoms with Gasteiger partial charge in [0.25, 0.3) is 0 Å². The van der Waals surface area contributed by atoms with Crippen LogP contribution in [0.2, 0.25) is 0 Å². The number of hydrogen-bond donors (Lipinski definition) is 1. The lowest BCUT2D eigenvalue weighted by Gasteiger charge is -2.16. The molecule has 0 aliphatic rings. The maximum atomic E-state index is 12.9. The van der Waals surface area contributed by atoms with Gasteiger partial charge in [0.05, 0.1) is 5.25 Å². The topological polar surface area (TPSA) is 59.8 Å². The normalized spacial score (nSPS) is 12.0. The van der Waals surface area contributed by atoms with E-state index in [0.29, 0.717) is 11.6 Å². The number of carbonyl (C=O) groups is 1. The number of thiophene rings is 1. The molecule has 0 saturated carbocycles. The predicted molar refractivity (Wildman–Crippen MR) is 128 cm³/mol. The van der Waals surface area contributed by atoms with E-state index in [1.165, 1.54) is 16.6 Å². The molecule has 158 valence electrons. The smallest absolute Gasteiger partial charge is 0.237 e. The Kier molecular flexibility index (Phi) is 6.53. The quantitative estimate of drug-likeness (QED) is 0.371. The maximum absolute atomic E-state index is 12.9. The van der Waals surface area contributed by atoms with E-state index in [9.17, 15) is 4.79 Å². The fourth-order valence-corrected chi connectivity index (χ4v) is 4.93. The van der Waals surface area contributed by atoms with Crippen LogP contribution >= 0.6 is 23.1 Å². The summed E-state index contributed by atoms with van der Waals surface area (Å²) in [5, 5.41) is 14.4. The first-order chi connectivity index (χ1) is 15.0. The number of aromatic nitrogens is 3. The van der Waals surface area contributed by atoms with Gasteiger partial charge < -0.3 is 5.32 Å². The molecule has 0 bridgehead atoms. The number of nitrogens with one attached hydrogen (secondary N) is 1. The number of carbonyl (C=O) groups excluding carboxylic acids is 1. The van der Waals surface area contributed by atoms with Crippen molar-refractivity contribution in [3.63, 3.8) is 0 Å². The largest absolute Gasteiger partial charge is 0.325 e. The van der Waals surface area contributed by atoms with Crippen molar-refractivity contribution >= 4 is 34.7 Å². The van der Waals surface area contributed by atoms with Crippen molar-refractivity contribution in [3.8, 4) is 5.69 Å². The van der Waals surface area contributed by atoms with Gasteiger partial charge in [-0.25, -0.2) is 0 Å². The average molecular weight is 449 g/mol. The molecule has 4 aromatic rings. The zero-order valence-corrected chi connectivity index (χ0v) is 19.3.